The maximum Gasteiger partial charge on any atom is 0.416 e. The van der Waals surface area contributed by atoms with E-state index < -0.39 is 11.7 Å². The van der Waals surface area contributed by atoms with Crippen molar-refractivity contribution in [2.24, 2.45) is 0 Å². The Bertz CT molecular complexity index is 767. The topological polar surface area (TPSA) is 56.5 Å². The van der Waals surface area contributed by atoms with E-state index in [-0.39, 0.29) is 11.4 Å². The number of tetrazole rings is 1. The van der Waals surface area contributed by atoms with Gasteiger partial charge in [-0.25, -0.2) is 0 Å². The van der Waals surface area contributed by atoms with Crippen LogP contribution in [0.3, 0.4) is 0 Å². The molecule has 112 valence electrons. The lowest BCUT2D eigenvalue weighted by atomic mass is 10.1. The number of hydrogen-bond donors (Lipinski definition) is 0. The molecule has 0 saturated heterocycles. The number of benzene rings is 1. The summed E-state index contributed by atoms with van der Waals surface area (Å²) in [4.78, 5) is 5.28. The van der Waals surface area contributed by atoms with Crippen molar-refractivity contribution < 1.29 is 13.2 Å². The average Bonchev–Trinajstić information content (AvgIpc) is 2.96. The number of nitrogens with zero attached hydrogens (tertiary/aromatic N) is 5. The van der Waals surface area contributed by atoms with Gasteiger partial charge in [-0.1, -0.05) is 18.2 Å². The number of alkyl halides is 3. The quantitative estimate of drug-likeness (QED) is 0.746. The van der Waals surface area contributed by atoms with Crippen molar-refractivity contribution in [3.8, 4) is 11.4 Å². The third kappa shape index (κ3) is 3.11. The number of rotatable bonds is 3. The van der Waals surface area contributed by atoms with Crippen molar-refractivity contribution >= 4 is 0 Å². The second-order valence-electron chi connectivity index (χ2n) is 4.58. The molecule has 0 aliphatic carbocycles. The van der Waals surface area contributed by atoms with Gasteiger partial charge < -0.3 is 0 Å². The fourth-order valence-corrected chi connectivity index (χ4v) is 1.92. The molecule has 0 amide bonds. The van der Waals surface area contributed by atoms with Gasteiger partial charge in [0.05, 0.1) is 12.1 Å². The van der Waals surface area contributed by atoms with Crippen LogP contribution in [0.5, 0.6) is 0 Å². The summed E-state index contributed by atoms with van der Waals surface area (Å²) in [5.41, 5.74) is 0.399. The van der Waals surface area contributed by atoms with E-state index in [4.69, 9.17) is 0 Å². The number of aromatic nitrogens is 5. The van der Waals surface area contributed by atoms with Crippen molar-refractivity contribution in [1.82, 2.24) is 25.2 Å². The van der Waals surface area contributed by atoms with Gasteiger partial charge in [-0.3, -0.25) is 4.98 Å². The Labute approximate surface area is 123 Å². The molecule has 0 spiro atoms. The molecule has 0 saturated carbocycles. The van der Waals surface area contributed by atoms with Gasteiger partial charge in [0.25, 0.3) is 0 Å². The zero-order valence-corrected chi connectivity index (χ0v) is 11.2. The Balaban J connectivity index is 1.85. The lowest BCUT2D eigenvalue weighted by Gasteiger charge is -2.06. The van der Waals surface area contributed by atoms with Crippen LogP contribution in [-0.2, 0) is 12.7 Å². The molecule has 0 N–H and O–H groups in total. The SMILES string of the molecule is FC(F)(F)c1cccc(-c2nnn(Cc3cccnc3)n2)c1. The lowest BCUT2D eigenvalue weighted by Crippen LogP contribution is -2.05. The minimum Gasteiger partial charge on any atom is -0.264 e. The maximum atomic E-state index is 12.7. The van der Waals surface area contributed by atoms with Crippen molar-refractivity contribution in [3.63, 3.8) is 0 Å². The van der Waals surface area contributed by atoms with Crippen LogP contribution in [0.15, 0.2) is 48.8 Å². The number of pyridine rings is 1. The highest BCUT2D eigenvalue weighted by atomic mass is 19.4. The van der Waals surface area contributed by atoms with Gasteiger partial charge in [0.1, 0.15) is 0 Å². The molecule has 1 aromatic carbocycles. The van der Waals surface area contributed by atoms with E-state index in [0.29, 0.717) is 6.54 Å². The molecule has 0 aliphatic rings. The maximum absolute atomic E-state index is 12.7. The van der Waals surface area contributed by atoms with E-state index in [1.54, 1.807) is 18.5 Å². The summed E-state index contributed by atoms with van der Waals surface area (Å²) in [6, 6.07) is 8.47. The molecule has 3 aromatic rings. The molecule has 8 heteroatoms. The van der Waals surface area contributed by atoms with Crippen LogP contribution in [-0.4, -0.2) is 25.2 Å². The van der Waals surface area contributed by atoms with E-state index in [1.165, 1.54) is 16.9 Å². The van der Waals surface area contributed by atoms with Crippen LogP contribution in [0.2, 0.25) is 0 Å². The fraction of sp³-hybridized carbons (Fsp3) is 0.143. The highest BCUT2D eigenvalue weighted by molar-refractivity contribution is 5.55. The van der Waals surface area contributed by atoms with Gasteiger partial charge in [-0.15, -0.1) is 10.2 Å². The Kier molecular flexibility index (Phi) is 3.58. The molecule has 3 rings (SSSR count). The standard InChI is InChI=1S/C14H10F3N5/c15-14(16,17)12-5-1-4-11(7-12)13-19-21-22(20-13)9-10-3-2-6-18-8-10/h1-8H,9H2. The molecule has 22 heavy (non-hydrogen) atoms. The van der Waals surface area contributed by atoms with Crippen molar-refractivity contribution in [2.45, 2.75) is 12.7 Å². The predicted molar refractivity (Wildman–Crippen MR) is 71.6 cm³/mol. The van der Waals surface area contributed by atoms with Crippen LogP contribution >= 0.6 is 0 Å². The highest BCUT2D eigenvalue weighted by Gasteiger charge is 2.30. The summed E-state index contributed by atoms with van der Waals surface area (Å²) >= 11 is 0. The third-order valence-electron chi connectivity index (χ3n) is 2.95. The lowest BCUT2D eigenvalue weighted by molar-refractivity contribution is -0.137. The van der Waals surface area contributed by atoms with Gasteiger partial charge in [0, 0.05) is 18.0 Å². The molecule has 0 aliphatic heterocycles. The molecular formula is C14H10F3N5. The van der Waals surface area contributed by atoms with Crippen molar-refractivity contribution in [2.75, 3.05) is 0 Å². The summed E-state index contributed by atoms with van der Waals surface area (Å²) in [7, 11) is 0. The van der Waals surface area contributed by atoms with E-state index in [9.17, 15) is 13.2 Å². The van der Waals surface area contributed by atoms with Gasteiger partial charge in [0.15, 0.2) is 0 Å². The van der Waals surface area contributed by atoms with Gasteiger partial charge in [0.2, 0.25) is 5.82 Å². The molecule has 0 unspecified atom stereocenters. The summed E-state index contributed by atoms with van der Waals surface area (Å²) < 4.78 is 38.1. The average molecular weight is 305 g/mol. The van der Waals surface area contributed by atoms with Crippen LogP contribution in [0.4, 0.5) is 13.2 Å². The minimum atomic E-state index is -4.40. The van der Waals surface area contributed by atoms with E-state index in [2.05, 4.69) is 20.4 Å². The van der Waals surface area contributed by atoms with E-state index in [0.717, 1.165) is 17.7 Å². The van der Waals surface area contributed by atoms with E-state index in [1.807, 2.05) is 6.07 Å². The van der Waals surface area contributed by atoms with Gasteiger partial charge in [-0.2, -0.15) is 18.0 Å². The van der Waals surface area contributed by atoms with Crippen LogP contribution < -0.4 is 0 Å². The third-order valence-corrected chi connectivity index (χ3v) is 2.95. The Morgan fingerprint density at radius 2 is 1.95 bits per heavy atom. The molecule has 0 bridgehead atoms. The molecule has 0 radical (unpaired) electrons. The van der Waals surface area contributed by atoms with Gasteiger partial charge in [-0.05, 0) is 29.0 Å². The van der Waals surface area contributed by atoms with E-state index >= 15 is 0 Å². The molecule has 2 heterocycles. The highest BCUT2D eigenvalue weighted by Crippen LogP contribution is 2.31. The molecule has 5 nitrogen and oxygen atoms in total. The van der Waals surface area contributed by atoms with Crippen molar-refractivity contribution in [3.05, 3.63) is 59.9 Å². The summed E-state index contributed by atoms with van der Waals surface area (Å²) in [6.07, 6.45) is -1.10. The number of halogens is 3. The molecule has 0 fully saturated rings. The Hall–Kier alpha value is -2.77. The fourth-order valence-electron chi connectivity index (χ4n) is 1.92. The Morgan fingerprint density at radius 1 is 1.09 bits per heavy atom. The van der Waals surface area contributed by atoms with Gasteiger partial charge >= 0.3 is 6.18 Å². The summed E-state index contributed by atoms with van der Waals surface area (Å²) in [5, 5.41) is 11.7. The predicted octanol–water partition coefficient (Wildman–Crippen LogP) is 2.80. The van der Waals surface area contributed by atoms with Crippen LogP contribution in [0.25, 0.3) is 11.4 Å². The zero-order valence-electron chi connectivity index (χ0n) is 11.2. The summed E-state index contributed by atoms with van der Waals surface area (Å²) in [6.45, 7) is 0.347. The van der Waals surface area contributed by atoms with Crippen molar-refractivity contribution in [1.29, 1.82) is 0 Å². The largest absolute Gasteiger partial charge is 0.416 e. The molecule has 0 atom stereocenters. The first-order chi connectivity index (χ1) is 10.5. The normalized spacial score (nSPS) is 11.6. The first kappa shape index (κ1) is 14.2. The first-order valence-electron chi connectivity index (χ1n) is 6.37. The zero-order chi connectivity index (χ0) is 15.6. The molecule has 2 aromatic heterocycles. The number of hydrogen-bond acceptors (Lipinski definition) is 4. The molecular weight excluding hydrogens is 295 g/mol. The monoisotopic (exact) mass is 305 g/mol. The van der Waals surface area contributed by atoms with Crippen LogP contribution in [0.1, 0.15) is 11.1 Å². The smallest absolute Gasteiger partial charge is 0.264 e. The second-order valence-corrected chi connectivity index (χ2v) is 4.58. The Morgan fingerprint density at radius 3 is 2.68 bits per heavy atom. The summed E-state index contributed by atoms with van der Waals surface area (Å²) in [5.74, 6) is 0.148. The first-order valence-corrected chi connectivity index (χ1v) is 6.37. The van der Waals surface area contributed by atoms with Crippen LogP contribution in [0, 0.1) is 0 Å². The minimum absolute atomic E-state index is 0.148. The second kappa shape index (κ2) is 5.55.